The zero-order chi connectivity index (χ0) is 14.8. The SMILES string of the molecule is CN(CC1CC1)Cn1cnc(-c2ccc([N+](=O)[O-])cc2)n1. The van der Waals surface area contributed by atoms with Crippen molar-refractivity contribution in [1.82, 2.24) is 19.7 Å². The van der Waals surface area contributed by atoms with Crippen LogP contribution in [0.25, 0.3) is 11.4 Å². The Labute approximate surface area is 122 Å². The second-order valence-electron chi connectivity index (χ2n) is 5.54. The quantitative estimate of drug-likeness (QED) is 0.601. The van der Waals surface area contributed by atoms with Gasteiger partial charge in [-0.05, 0) is 37.9 Å². The number of rotatable bonds is 6. The summed E-state index contributed by atoms with van der Waals surface area (Å²) >= 11 is 0. The van der Waals surface area contributed by atoms with Crippen molar-refractivity contribution in [2.75, 3.05) is 13.6 Å². The third-order valence-corrected chi connectivity index (χ3v) is 3.53. The molecule has 1 fully saturated rings. The molecule has 0 bridgehead atoms. The molecule has 0 atom stereocenters. The molecule has 1 aromatic heterocycles. The van der Waals surface area contributed by atoms with Gasteiger partial charge in [0.2, 0.25) is 0 Å². The fourth-order valence-corrected chi connectivity index (χ4v) is 2.27. The molecule has 0 aliphatic heterocycles. The van der Waals surface area contributed by atoms with E-state index in [1.807, 2.05) is 0 Å². The van der Waals surface area contributed by atoms with Gasteiger partial charge in [-0.2, -0.15) is 0 Å². The molecule has 1 aliphatic carbocycles. The van der Waals surface area contributed by atoms with E-state index < -0.39 is 4.92 Å². The number of nitro benzene ring substituents is 1. The van der Waals surface area contributed by atoms with Crippen LogP contribution in [-0.4, -0.2) is 38.2 Å². The van der Waals surface area contributed by atoms with Gasteiger partial charge in [0.1, 0.15) is 6.33 Å². The third kappa shape index (κ3) is 3.43. The van der Waals surface area contributed by atoms with Crippen molar-refractivity contribution >= 4 is 5.69 Å². The summed E-state index contributed by atoms with van der Waals surface area (Å²) in [6.07, 6.45) is 4.35. The molecule has 3 rings (SSSR count). The molecule has 1 aromatic carbocycles. The van der Waals surface area contributed by atoms with Crippen molar-refractivity contribution in [3.05, 3.63) is 40.7 Å². The van der Waals surface area contributed by atoms with Crippen molar-refractivity contribution < 1.29 is 4.92 Å². The van der Waals surface area contributed by atoms with Gasteiger partial charge in [0.15, 0.2) is 5.82 Å². The monoisotopic (exact) mass is 287 g/mol. The second kappa shape index (κ2) is 5.61. The van der Waals surface area contributed by atoms with E-state index in [9.17, 15) is 10.1 Å². The molecule has 7 nitrogen and oxygen atoms in total. The highest BCUT2D eigenvalue weighted by atomic mass is 16.6. The first-order valence-electron chi connectivity index (χ1n) is 6.94. The molecule has 110 valence electrons. The Kier molecular flexibility index (Phi) is 3.66. The maximum absolute atomic E-state index is 10.6. The zero-order valence-corrected chi connectivity index (χ0v) is 11.8. The lowest BCUT2D eigenvalue weighted by atomic mass is 10.2. The van der Waals surface area contributed by atoms with Crippen molar-refractivity contribution in [3.63, 3.8) is 0 Å². The van der Waals surface area contributed by atoms with Gasteiger partial charge in [-0.1, -0.05) is 0 Å². The Morgan fingerprint density at radius 3 is 2.71 bits per heavy atom. The third-order valence-electron chi connectivity index (χ3n) is 3.53. The highest BCUT2D eigenvalue weighted by molar-refractivity contribution is 5.56. The fraction of sp³-hybridized carbons (Fsp3) is 0.429. The van der Waals surface area contributed by atoms with Gasteiger partial charge in [-0.15, -0.1) is 5.10 Å². The molecule has 0 saturated heterocycles. The van der Waals surface area contributed by atoms with Crippen molar-refractivity contribution in [2.24, 2.45) is 5.92 Å². The molecule has 0 unspecified atom stereocenters. The van der Waals surface area contributed by atoms with Gasteiger partial charge in [0.25, 0.3) is 5.69 Å². The molecule has 1 aliphatic rings. The van der Waals surface area contributed by atoms with Gasteiger partial charge >= 0.3 is 0 Å². The summed E-state index contributed by atoms with van der Waals surface area (Å²) in [7, 11) is 2.07. The van der Waals surface area contributed by atoms with E-state index in [0.717, 1.165) is 18.0 Å². The number of nitro groups is 1. The van der Waals surface area contributed by atoms with E-state index in [1.165, 1.54) is 25.0 Å². The summed E-state index contributed by atoms with van der Waals surface area (Å²) in [4.78, 5) is 16.7. The van der Waals surface area contributed by atoms with E-state index in [0.29, 0.717) is 12.5 Å². The Bertz CT molecular complexity index is 633. The first-order chi connectivity index (χ1) is 10.1. The van der Waals surface area contributed by atoms with E-state index in [4.69, 9.17) is 0 Å². The number of benzene rings is 1. The van der Waals surface area contributed by atoms with Crippen molar-refractivity contribution in [1.29, 1.82) is 0 Å². The Balaban J connectivity index is 1.67. The smallest absolute Gasteiger partial charge is 0.269 e. The lowest BCUT2D eigenvalue weighted by Crippen LogP contribution is -2.24. The Morgan fingerprint density at radius 1 is 1.38 bits per heavy atom. The predicted molar refractivity (Wildman–Crippen MR) is 77.5 cm³/mol. The molecule has 1 heterocycles. The maximum Gasteiger partial charge on any atom is 0.269 e. The van der Waals surface area contributed by atoms with Gasteiger partial charge in [0.05, 0.1) is 11.6 Å². The van der Waals surface area contributed by atoms with Crippen LogP contribution in [0.15, 0.2) is 30.6 Å². The zero-order valence-electron chi connectivity index (χ0n) is 11.8. The highest BCUT2D eigenvalue weighted by Crippen LogP contribution is 2.29. The normalized spacial score (nSPS) is 14.6. The number of hydrogen-bond acceptors (Lipinski definition) is 5. The van der Waals surface area contributed by atoms with Crippen molar-refractivity contribution in [2.45, 2.75) is 19.5 Å². The van der Waals surface area contributed by atoms with E-state index in [1.54, 1.807) is 23.1 Å². The standard InChI is InChI=1S/C14H17N5O2/c1-17(8-11-2-3-11)10-18-9-15-14(16-18)12-4-6-13(7-5-12)19(20)21/h4-7,9,11H,2-3,8,10H2,1H3. The minimum absolute atomic E-state index is 0.0716. The van der Waals surface area contributed by atoms with Crippen LogP contribution in [0.4, 0.5) is 5.69 Å². The molecule has 0 N–H and O–H groups in total. The van der Waals surface area contributed by atoms with Crippen molar-refractivity contribution in [3.8, 4) is 11.4 Å². The summed E-state index contributed by atoms with van der Waals surface area (Å²) in [5.74, 6) is 1.43. The molecule has 1 saturated carbocycles. The molecule has 2 aromatic rings. The second-order valence-corrected chi connectivity index (χ2v) is 5.54. The average molecular weight is 287 g/mol. The number of nitrogens with zero attached hydrogens (tertiary/aromatic N) is 5. The molecule has 0 radical (unpaired) electrons. The topological polar surface area (TPSA) is 77.1 Å². The van der Waals surface area contributed by atoms with Gasteiger partial charge in [0, 0.05) is 24.2 Å². The first kappa shape index (κ1) is 13.7. The van der Waals surface area contributed by atoms with Crippen LogP contribution in [0.1, 0.15) is 12.8 Å². The van der Waals surface area contributed by atoms with Gasteiger partial charge in [-0.3, -0.25) is 15.0 Å². The summed E-state index contributed by atoms with van der Waals surface area (Å²) < 4.78 is 1.79. The molecule has 21 heavy (non-hydrogen) atoms. The van der Waals surface area contributed by atoms with Gasteiger partial charge < -0.3 is 0 Å². The number of aromatic nitrogens is 3. The molecule has 0 spiro atoms. The lowest BCUT2D eigenvalue weighted by molar-refractivity contribution is -0.384. The predicted octanol–water partition coefficient (Wildman–Crippen LogP) is 2.15. The molecule has 7 heteroatoms. The van der Waals surface area contributed by atoms with Crippen LogP contribution in [0.2, 0.25) is 0 Å². The van der Waals surface area contributed by atoms with Gasteiger partial charge in [-0.25, -0.2) is 9.67 Å². The summed E-state index contributed by atoms with van der Waals surface area (Å²) in [6, 6.07) is 6.28. The molecular weight excluding hydrogens is 270 g/mol. The van der Waals surface area contributed by atoms with Crippen LogP contribution in [0.5, 0.6) is 0 Å². The van der Waals surface area contributed by atoms with Crippen LogP contribution in [0, 0.1) is 16.0 Å². The minimum atomic E-state index is -0.414. The minimum Gasteiger partial charge on any atom is -0.287 e. The molecular formula is C14H17N5O2. The summed E-state index contributed by atoms with van der Waals surface area (Å²) in [5.41, 5.74) is 0.853. The maximum atomic E-state index is 10.6. The van der Waals surface area contributed by atoms with Crippen LogP contribution < -0.4 is 0 Å². The van der Waals surface area contributed by atoms with Crippen LogP contribution in [0.3, 0.4) is 0 Å². The largest absolute Gasteiger partial charge is 0.287 e. The Hall–Kier alpha value is -2.28. The first-order valence-corrected chi connectivity index (χ1v) is 6.94. The lowest BCUT2D eigenvalue weighted by Gasteiger charge is -2.15. The average Bonchev–Trinajstić information content (AvgIpc) is 3.15. The Morgan fingerprint density at radius 2 is 2.10 bits per heavy atom. The number of hydrogen-bond donors (Lipinski definition) is 0. The van der Waals surface area contributed by atoms with Crippen LogP contribution >= 0.6 is 0 Å². The van der Waals surface area contributed by atoms with E-state index >= 15 is 0 Å². The molecule has 0 amide bonds. The van der Waals surface area contributed by atoms with Crippen LogP contribution in [-0.2, 0) is 6.67 Å². The fourth-order valence-electron chi connectivity index (χ4n) is 2.27. The van der Waals surface area contributed by atoms with E-state index in [2.05, 4.69) is 22.0 Å². The summed E-state index contributed by atoms with van der Waals surface area (Å²) in [6.45, 7) is 1.79. The highest BCUT2D eigenvalue weighted by Gasteiger charge is 2.22. The van der Waals surface area contributed by atoms with E-state index in [-0.39, 0.29) is 5.69 Å². The number of non-ortho nitro benzene ring substituents is 1. The summed E-state index contributed by atoms with van der Waals surface area (Å²) in [5, 5.41) is 15.0.